The number of hydrogen-bond donors (Lipinski definition) is 2. The van der Waals surface area contributed by atoms with Gasteiger partial charge >= 0.3 is 0 Å². The molecule has 1 heterocycles. The Hall–Kier alpha value is -1.56. The zero-order chi connectivity index (χ0) is 12.8. The average Bonchev–Trinajstić information content (AvgIpc) is 2.58. The minimum Gasteiger partial charge on any atom is -0.481 e. The first-order chi connectivity index (χ1) is 8.02. The van der Waals surface area contributed by atoms with Crippen LogP contribution in [-0.4, -0.2) is 28.8 Å². The van der Waals surface area contributed by atoms with E-state index in [2.05, 4.69) is 10.4 Å². The zero-order valence-electron chi connectivity index (χ0n) is 10.6. The van der Waals surface area contributed by atoms with E-state index in [0.717, 1.165) is 12.8 Å². The molecule has 0 aliphatic heterocycles. The molecule has 17 heavy (non-hydrogen) atoms. The van der Waals surface area contributed by atoms with Crippen LogP contribution in [0.4, 0.5) is 5.82 Å². The fourth-order valence-electron chi connectivity index (χ4n) is 1.49. The molecule has 0 aliphatic rings. The van der Waals surface area contributed by atoms with Gasteiger partial charge < -0.3 is 15.8 Å². The summed E-state index contributed by atoms with van der Waals surface area (Å²) in [7, 11) is 3.32. The van der Waals surface area contributed by atoms with Crippen LogP contribution in [0.5, 0.6) is 5.88 Å². The molecule has 0 aliphatic carbocycles. The summed E-state index contributed by atoms with van der Waals surface area (Å²) in [5.41, 5.74) is 5.61. The second-order valence-electron chi connectivity index (χ2n) is 4.11. The number of anilines is 1. The average molecular weight is 240 g/mol. The van der Waals surface area contributed by atoms with Crippen molar-refractivity contribution in [2.75, 3.05) is 12.4 Å². The number of methoxy groups -OCH3 is 1. The Labute approximate surface area is 101 Å². The van der Waals surface area contributed by atoms with Crippen LogP contribution in [0.15, 0.2) is 6.07 Å². The van der Waals surface area contributed by atoms with Crippen LogP contribution in [0.1, 0.15) is 26.2 Å². The molecular formula is C11H20N4O2. The molecule has 0 aromatic carbocycles. The van der Waals surface area contributed by atoms with Gasteiger partial charge in [-0.25, -0.2) is 4.68 Å². The van der Waals surface area contributed by atoms with Gasteiger partial charge in [-0.2, -0.15) is 5.10 Å². The number of amides is 1. The molecule has 1 unspecified atom stereocenters. The quantitative estimate of drug-likeness (QED) is 0.773. The number of aromatic nitrogens is 2. The van der Waals surface area contributed by atoms with Crippen molar-refractivity contribution in [3.05, 3.63) is 6.07 Å². The lowest BCUT2D eigenvalue weighted by molar-refractivity contribution is -0.116. The highest BCUT2D eigenvalue weighted by Gasteiger charge is 2.08. The predicted octanol–water partition coefficient (Wildman–Crippen LogP) is 0.885. The van der Waals surface area contributed by atoms with Gasteiger partial charge in [-0.3, -0.25) is 4.79 Å². The summed E-state index contributed by atoms with van der Waals surface area (Å²) in [6, 6.07) is 1.82. The molecule has 0 saturated heterocycles. The largest absolute Gasteiger partial charge is 0.481 e. The monoisotopic (exact) mass is 240 g/mol. The van der Waals surface area contributed by atoms with Crippen molar-refractivity contribution in [3.63, 3.8) is 0 Å². The fourth-order valence-corrected chi connectivity index (χ4v) is 1.49. The molecule has 1 atom stereocenters. The second-order valence-corrected chi connectivity index (χ2v) is 4.11. The molecule has 3 N–H and O–H groups in total. The van der Waals surface area contributed by atoms with E-state index in [-0.39, 0.29) is 11.9 Å². The third kappa shape index (κ3) is 4.44. The smallest absolute Gasteiger partial charge is 0.225 e. The molecule has 1 aromatic heterocycles. The highest BCUT2D eigenvalue weighted by atomic mass is 16.5. The summed E-state index contributed by atoms with van der Waals surface area (Å²) >= 11 is 0. The van der Waals surface area contributed by atoms with Gasteiger partial charge in [-0.05, 0) is 19.8 Å². The molecule has 1 amide bonds. The van der Waals surface area contributed by atoms with E-state index in [1.165, 1.54) is 0 Å². The zero-order valence-corrected chi connectivity index (χ0v) is 10.6. The molecule has 0 spiro atoms. The number of carbonyl (C=O) groups is 1. The number of carbonyl (C=O) groups excluding carboxylic acids is 1. The Morgan fingerprint density at radius 1 is 1.71 bits per heavy atom. The Morgan fingerprint density at radius 2 is 2.41 bits per heavy atom. The molecule has 0 fully saturated rings. The Balaban J connectivity index is 2.39. The molecule has 1 aromatic rings. The molecule has 1 rings (SSSR count). The molecular weight excluding hydrogens is 220 g/mol. The lowest BCUT2D eigenvalue weighted by Gasteiger charge is -2.04. The van der Waals surface area contributed by atoms with Crippen LogP contribution in [0.3, 0.4) is 0 Å². The third-order valence-electron chi connectivity index (χ3n) is 2.38. The van der Waals surface area contributed by atoms with Crippen LogP contribution in [0.2, 0.25) is 0 Å². The number of nitrogens with one attached hydrogen (secondary N) is 1. The first-order valence-corrected chi connectivity index (χ1v) is 5.66. The normalized spacial score (nSPS) is 12.2. The molecule has 6 nitrogen and oxygen atoms in total. The van der Waals surface area contributed by atoms with E-state index >= 15 is 0 Å². The molecule has 0 bridgehead atoms. The van der Waals surface area contributed by atoms with Gasteiger partial charge in [-0.1, -0.05) is 0 Å². The van der Waals surface area contributed by atoms with Crippen LogP contribution in [0, 0.1) is 0 Å². The summed E-state index contributed by atoms with van der Waals surface area (Å²) in [4.78, 5) is 11.6. The second kappa shape index (κ2) is 6.24. The summed E-state index contributed by atoms with van der Waals surface area (Å²) in [6.07, 6.45) is 2.09. The lowest BCUT2D eigenvalue weighted by Crippen LogP contribution is -2.17. The van der Waals surface area contributed by atoms with Crippen molar-refractivity contribution >= 4 is 11.7 Å². The standard InChI is InChI=1S/C11H20N4O2/c1-8(12)5-4-6-10(16)13-9-7-11(17-3)15(2)14-9/h7-8H,4-6,12H2,1-3H3,(H,13,14,16). The van der Waals surface area contributed by atoms with Crippen molar-refractivity contribution in [2.24, 2.45) is 12.8 Å². The van der Waals surface area contributed by atoms with E-state index in [1.807, 2.05) is 6.92 Å². The Morgan fingerprint density at radius 3 is 2.94 bits per heavy atom. The number of aryl methyl sites for hydroxylation is 1. The Bertz CT molecular complexity index is 374. The lowest BCUT2D eigenvalue weighted by atomic mass is 10.1. The molecule has 96 valence electrons. The maximum atomic E-state index is 11.6. The minimum absolute atomic E-state index is 0.0496. The van der Waals surface area contributed by atoms with Crippen LogP contribution < -0.4 is 15.8 Å². The van der Waals surface area contributed by atoms with E-state index < -0.39 is 0 Å². The summed E-state index contributed by atoms with van der Waals surface area (Å²) in [5, 5.41) is 6.82. The van der Waals surface area contributed by atoms with E-state index in [4.69, 9.17) is 10.5 Å². The first-order valence-electron chi connectivity index (χ1n) is 5.66. The van der Waals surface area contributed by atoms with Gasteiger partial charge in [0.25, 0.3) is 0 Å². The van der Waals surface area contributed by atoms with Gasteiger partial charge in [0.1, 0.15) is 0 Å². The van der Waals surface area contributed by atoms with E-state index in [0.29, 0.717) is 18.1 Å². The number of nitrogens with two attached hydrogens (primary N) is 1. The van der Waals surface area contributed by atoms with Crippen molar-refractivity contribution < 1.29 is 9.53 Å². The molecule has 6 heteroatoms. The first kappa shape index (κ1) is 13.5. The highest BCUT2D eigenvalue weighted by molar-refractivity contribution is 5.89. The highest BCUT2D eigenvalue weighted by Crippen LogP contribution is 2.15. The number of hydrogen-bond acceptors (Lipinski definition) is 4. The predicted molar refractivity (Wildman–Crippen MR) is 65.9 cm³/mol. The van der Waals surface area contributed by atoms with Gasteiger partial charge in [-0.15, -0.1) is 0 Å². The number of nitrogens with zero attached hydrogens (tertiary/aromatic N) is 2. The topological polar surface area (TPSA) is 82.2 Å². The van der Waals surface area contributed by atoms with Gasteiger partial charge in [0.2, 0.25) is 11.8 Å². The van der Waals surface area contributed by atoms with Gasteiger partial charge in [0.05, 0.1) is 7.11 Å². The third-order valence-corrected chi connectivity index (χ3v) is 2.38. The summed E-state index contributed by atoms with van der Waals surface area (Å²) in [6.45, 7) is 1.93. The van der Waals surface area contributed by atoms with Gasteiger partial charge in [0.15, 0.2) is 5.82 Å². The van der Waals surface area contributed by atoms with Crippen molar-refractivity contribution in [2.45, 2.75) is 32.2 Å². The number of ether oxygens (including phenoxy) is 1. The minimum atomic E-state index is -0.0496. The number of rotatable bonds is 6. The fraction of sp³-hybridized carbons (Fsp3) is 0.636. The SMILES string of the molecule is COc1cc(NC(=O)CCCC(C)N)nn1C. The Kier molecular flexibility index (Phi) is 4.96. The van der Waals surface area contributed by atoms with Crippen LogP contribution in [-0.2, 0) is 11.8 Å². The van der Waals surface area contributed by atoms with Crippen molar-refractivity contribution in [3.8, 4) is 5.88 Å². The summed E-state index contributed by atoms with van der Waals surface area (Å²) in [5.74, 6) is 1.07. The van der Waals surface area contributed by atoms with E-state index in [1.54, 1.807) is 24.9 Å². The molecule has 0 radical (unpaired) electrons. The maximum Gasteiger partial charge on any atom is 0.225 e. The maximum absolute atomic E-state index is 11.6. The van der Waals surface area contributed by atoms with Crippen LogP contribution >= 0.6 is 0 Å². The van der Waals surface area contributed by atoms with Crippen molar-refractivity contribution in [1.82, 2.24) is 9.78 Å². The summed E-state index contributed by atoms with van der Waals surface area (Å²) < 4.78 is 6.62. The molecule has 0 saturated carbocycles. The van der Waals surface area contributed by atoms with E-state index in [9.17, 15) is 4.79 Å². The van der Waals surface area contributed by atoms with Gasteiger partial charge in [0, 0.05) is 25.6 Å². The van der Waals surface area contributed by atoms with Crippen molar-refractivity contribution in [1.29, 1.82) is 0 Å². The van der Waals surface area contributed by atoms with Crippen LogP contribution in [0.25, 0.3) is 0 Å².